The molecule has 0 atom stereocenters. The molecule has 1 aliphatic rings. The topological polar surface area (TPSA) is 41.6 Å². The van der Waals surface area contributed by atoms with Gasteiger partial charge in [-0.15, -0.1) is 6.58 Å². The molecule has 1 aliphatic heterocycles. The average molecular weight is 350 g/mol. The highest BCUT2D eigenvalue weighted by atomic mass is 16.5. The number of nitrogens with one attached hydrogen (secondary N) is 1. The lowest BCUT2D eigenvalue weighted by molar-refractivity contribution is 0.0951. The van der Waals surface area contributed by atoms with Gasteiger partial charge in [0.1, 0.15) is 5.75 Å². The van der Waals surface area contributed by atoms with Crippen LogP contribution in [0.25, 0.3) is 0 Å². The van der Waals surface area contributed by atoms with Crippen molar-refractivity contribution in [3.8, 4) is 5.75 Å². The standard InChI is InChI=1S/C22H26N2O2/c1-3-6-18-15-19(9-12-21(18)26-2)22(25)23-16-17-7-10-20(11-8-17)24-13-4-5-14-24/h3,7-12,15H,1,4-6,13-14,16H2,2H3,(H,23,25). The van der Waals surface area contributed by atoms with Gasteiger partial charge in [-0.05, 0) is 60.7 Å². The first-order valence-electron chi connectivity index (χ1n) is 9.11. The summed E-state index contributed by atoms with van der Waals surface area (Å²) < 4.78 is 5.33. The first kappa shape index (κ1) is 18.1. The van der Waals surface area contributed by atoms with Crippen molar-refractivity contribution in [3.63, 3.8) is 0 Å². The summed E-state index contributed by atoms with van der Waals surface area (Å²) in [6.45, 7) is 6.55. The molecule has 1 fully saturated rings. The highest BCUT2D eigenvalue weighted by Gasteiger charge is 2.12. The third-order valence-corrected chi connectivity index (χ3v) is 4.77. The quantitative estimate of drug-likeness (QED) is 0.769. The fourth-order valence-corrected chi connectivity index (χ4v) is 3.32. The van der Waals surface area contributed by atoms with Crippen LogP contribution in [0.2, 0.25) is 0 Å². The number of amides is 1. The van der Waals surface area contributed by atoms with E-state index in [-0.39, 0.29) is 5.91 Å². The van der Waals surface area contributed by atoms with E-state index >= 15 is 0 Å². The van der Waals surface area contributed by atoms with Crippen molar-refractivity contribution in [1.82, 2.24) is 5.32 Å². The normalized spacial score (nSPS) is 13.5. The van der Waals surface area contributed by atoms with Crippen LogP contribution < -0.4 is 15.0 Å². The number of allylic oxidation sites excluding steroid dienone is 1. The summed E-state index contributed by atoms with van der Waals surface area (Å²) in [5.41, 5.74) is 3.96. The Bertz CT molecular complexity index is 762. The van der Waals surface area contributed by atoms with E-state index in [9.17, 15) is 4.79 Å². The lowest BCUT2D eigenvalue weighted by Crippen LogP contribution is -2.23. The van der Waals surface area contributed by atoms with Crippen LogP contribution in [0.1, 0.15) is 34.3 Å². The van der Waals surface area contributed by atoms with Gasteiger partial charge < -0.3 is 15.0 Å². The first-order chi connectivity index (χ1) is 12.7. The van der Waals surface area contributed by atoms with Crippen molar-refractivity contribution in [2.75, 3.05) is 25.1 Å². The number of ether oxygens (including phenoxy) is 1. The van der Waals surface area contributed by atoms with Gasteiger partial charge >= 0.3 is 0 Å². The highest BCUT2D eigenvalue weighted by molar-refractivity contribution is 5.94. The summed E-state index contributed by atoms with van der Waals surface area (Å²) in [5, 5.41) is 2.99. The number of carbonyl (C=O) groups is 1. The molecule has 0 aromatic heterocycles. The van der Waals surface area contributed by atoms with Crippen LogP contribution in [0.3, 0.4) is 0 Å². The van der Waals surface area contributed by atoms with E-state index in [1.165, 1.54) is 18.5 Å². The Balaban J connectivity index is 1.61. The van der Waals surface area contributed by atoms with Gasteiger partial charge in [-0.2, -0.15) is 0 Å². The molecule has 0 bridgehead atoms. The van der Waals surface area contributed by atoms with Crippen LogP contribution >= 0.6 is 0 Å². The number of methoxy groups -OCH3 is 1. The van der Waals surface area contributed by atoms with Gasteiger partial charge in [-0.3, -0.25) is 4.79 Å². The summed E-state index contributed by atoms with van der Waals surface area (Å²) >= 11 is 0. The van der Waals surface area contributed by atoms with Crippen molar-refractivity contribution in [1.29, 1.82) is 0 Å². The monoisotopic (exact) mass is 350 g/mol. The van der Waals surface area contributed by atoms with Gasteiger partial charge in [0.05, 0.1) is 7.11 Å². The summed E-state index contributed by atoms with van der Waals surface area (Å²) in [4.78, 5) is 14.9. The average Bonchev–Trinajstić information content (AvgIpc) is 3.21. The second-order valence-corrected chi connectivity index (χ2v) is 6.56. The Kier molecular flexibility index (Phi) is 5.95. The third-order valence-electron chi connectivity index (χ3n) is 4.77. The first-order valence-corrected chi connectivity index (χ1v) is 9.11. The van der Waals surface area contributed by atoms with Crippen LogP contribution in [0.4, 0.5) is 5.69 Å². The Hall–Kier alpha value is -2.75. The second-order valence-electron chi connectivity index (χ2n) is 6.56. The Morgan fingerprint density at radius 1 is 1.19 bits per heavy atom. The van der Waals surface area contributed by atoms with E-state index in [0.717, 1.165) is 30.0 Å². The van der Waals surface area contributed by atoms with Gasteiger partial charge in [-0.1, -0.05) is 18.2 Å². The number of hydrogen-bond donors (Lipinski definition) is 1. The van der Waals surface area contributed by atoms with Gasteiger partial charge in [0, 0.05) is 30.9 Å². The number of carbonyl (C=O) groups excluding carboxylic acids is 1. The maximum atomic E-state index is 12.5. The molecule has 3 rings (SSSR count). The molecule has 0 aliphatic carbocycles. The highest BCUT2D eigenvalue weighted by Crippen LogP contribution is 2.22. The van der Waals surface area contributed by atoms with Gasteiger partial charge in [0.2, 0.25) is 0 Å². The van der Waals surface area contributed by atoms with Crippen molar-refractivity contribution >= 4 is 11.6 Å². The number of anilines is 1. The number of nitrogens with zero attached hydrogens (tertiary/aromatic N) is 1. The lowest BCUT2D eigenvalue weighted by Gasteiger charge is -2.17. The van der Waals surface area contributed by atoms with E-state index in [4.69, 9.17) is 4.74 Å². The summed E-state index contributed by atoms with van der Waals surface area (Å²) in [6.07, 6.45) is 5.02. The smallest absolute Gasteiger partial charge is 0.251 e. The molecule has 0 unspecified atom stereocenters. The predicted octanol–water partition coefficient (Wildman–Crippen LogP) is 3.95. The van der Waals surface area contributed by atoms with Crippen molar-refractivity contribution < 1.29 is 9.53 Å². The van der Waals surface area contributed by atoms with Crippen LogP contribution in [-0.4, -0.2) is 26.1 Å². The number of hydrogen-bond acceptors (Lipinski definition) is 3. The minimum atomic E-state index is -0.0819. The molecule has 0 spiro atoms. The van der Waals surface area contributed by atoms with Gasteiger partial charge in [-0.25, -0.2) is 0 Å². The molecule has 2 aromatic rings. The SMILES string of the molecule is C=CCc1cc(C(=O)NCc2ccc(N3CCCC3)cc2)ccc1OC. The maximum absolute atomic E-state index is 12.5. The maximum Gasteiger partial charge on any atom is 0.251 e. The lowest BCUT2D eigenvalue weighted by atomic mass is 10.1. The van der Waals surface area contributed by atoms with E-state index in [1.807, 2.05) is 18.2 Å². The molecule has 1 saturated heterocycles. The Morgan fingerprint density at radius 3 is 2.58 bits per heavy atom. The van der Waals surface area contributed by atoms with Crippen molar-refractivity contribution in [2.24, 2.45) is 0 Å². The molecule has 1 amide bonds. The summed E-state index contributed by atoms with van der Waals surface area (Å²) in [5.74, 6) is 0.695. The molecule has 4 nitrogen and oxygen atoms in total. The van der Waals surface area contributed by atoms with E-state index in [2.05, 4.69) is 41.1 Å². The van der Waals surface area contributed by atoms with E-state index in [1.54, 1.807) is 13.2 Å². The molecular weight excluding hydrogens is 324 g/mol. The van der Waals surface area contributed by atoms with Crippen LogP contribution in [-0.2, 0) is 13.0 Å². The molecule has 136 valence electrons. The van der Waals surface area contributed by atoms with Crippen LogP contribution in [0, 0.1) is 0 Å². The molecule has 26 heavy (non-hydrogen) atoms. The number of benzene rings is 2. The molecular formula is C22H26N2O2. The van der Waals surface area contributed by atoms with Crippen LogP contribution in [0.5, 0.6) is 5.75 Å². The summed E-state index contributed by atoms with van der Waals surface area (Å²) in [7, 11) is 1.63. The molecule has 2 aromatic carbocycles. The molecule has 1 heterocycles. The predicted molar refractivity (Wildman–Crippen MR) is 106 cm³/mol. The Labute approximate surface area is 155 Å². The molecule has 4 heteroatoms. The minimum absolute atomic E-state index is 0.0819. The Morgan fingerprint density at radius 2 is 1.92 bits per heavy atom. The fraction of sp³-hybridized carbons (Fsp3) is 0.318. The zero-order valence-electron chi connectivity index (χ0n) is 15.3. The fourth-order valence-electron chi connectivity index (χ4n) is 3.32. The zero-order chi connectivity index (χ0) is 18.4. The largest absolute Gasteiger partial charge is 0.496 e. The van der Waals surface area contributed by atoms with Crippen molar-refractivity contribution in [3.05, 3.63) is 71.8 Å². The number of rotatable bonds is 7. The van der Waals surface area contributed by atoms with Gasteiger partial charge in [0.25, 0.3) is 5.91 Å². The van der Waals surface area contributed by atoms with E-state index in [0.29, 0.717) is 18.5 Å². The minimum Gasteiger partial charge on any atom is -0.496 e. The van der Waals surface area contributed by atoms with E-state index < -0.39 is 0 Å². The van der Waals surface area contributed by atoms with Gasteiger partial charge in [0.15, 0.2) is 0 Å². The van der Waals surface area contributed by atoms with Crippen molar-refractivity contribution in [2.45, 2.75) is 25.8 Å². The third kappa shape index (κ3) is 4.26. The van der Waals surface area contributed by atoms with Crippen LogP contribution in [0.15, 0.2) is 55.1 Å². The molecule has 0 radical (unpaired) electrons. The molecule has 1 N–H and O–H groups in total. The second kappa shape index (κ2) is 8.56. The zero-order valence-corrected chi connectivity index (χ0v) is 15.3. The molecule has 0 saturated carbocycles. The summed E-state index contributed by atoms with van der Waals surface area (Å²) in [6, 6.07) is 13.9.